The minimum absolute atomic E-state index is 0.0266. The zero-order valence-electron chi connectivity index (χ0n) is 15.0. The summed E-state index contributed by atoms with van der Waals surface area (Å²) in [5.74, 6) is 1.14. The fourth-order valence-electron chi connectivity index (χ4n) is 3.30. The van der Waals surface area contributed by atoms with Gasteiger partial charge in [0.2, 0.25) is 5.91 Å². The van der Waals surface area contributed by atoms with E-state index in [2.05, 4.69) is 34.2 Å². The van der Waals surface area contributed by atoms with E-state index >= 15 is 0 Å². The van der Waals surface area contributed by atoms with E-state index in [1.807, 2.05) is 13.0 Å². The number of hydrogen-bond donors (Lipinski definition) is 1. The highest BCUT2D eigenvalue weighted by molar-refractivity contribution is 5.81. The number of nitrogens with zero attached hydrogens (tertiary/aromatic N) is 2. The lowest BCUT2D eigenvalue weighted by molar-refractivity contribution is -0.126. The first-order valence-corrected chi connectivity index (χ1v) is 8.97. The Labute approximate surface area is 145 Å². The highest BCUT2D eigenvalue weighted by Crippen LogP contribution is 2.22. The van der Waals surface area contributed by atoms with Gasteiger partial charge in [-0.05, 0) is 32.8 Å². The van der Waals surface area contributed by atoms with Crippen molar-refractivity contribution in [3.8, 4) is 5.75 Å². The molecule has 2 fully saturated rings. The Morgan fingerprint density at radius 2 is 2.00 bits per heavy atom. The second-order valence-corrected chi connectivity index (χ2v) is 7.09. The van der Waals surface area contributed by atoms with Crippen LogP contribution in [0.4, 0.5) is 0 Å². The van der Waals surface area contributed by atoms with Gasteiger partial charge in [-0.15, -0.1) is 0 Å². The standard InChI is InChI=1S/C19H29N3O2/c1-14-4-7-18(24-3)16(12-14)13-21-8-10-22(11-9-21)15(2)19(23)20-17-5-6-17/h4,7,12,15,17H,5-6,8-11,13H2,1-3H3,(H,20,23)/t15-/m0/s1. The maximum absolute atomic E-state index is 12.2. The van der Waals surface area contributed by atoms with E-state index in [9.17, 15) is 4.79 Å². The van der Waals surface area contributed by atoms with E-state index in [4.69, 9.17) is 4.74 Å². The van der Waals surface area contributed by atoms with Crippen LogP contribution in [-0.4, -0.2) is 61.1 Å². The minimum Gasteiger partial charge on any atom is -0.496 e. The highest BCUT2D eigenvalue weighted by Gasteiger charge is 2.30. The third kappa shape index (κ3) is 4.28. The van der Waals surface area contributed by atoms with Crippen molar-refractivity contribution in [2.24, 2.45) is 0 Å². The molecule has 5 heteroatoms. The molecule has 0 bridgehead atoms. The Bertz CT molecular complexity index is 578. The highest BCUT2D eigenvalue weighted by atomic mass is 16.5. The van der Waals surface area contributed by atoms with Crippen LogP contribution in [0, 0.1) is 6.92 Å². The topological polar surface area (TPSA) is 44.8 Å². The van der Waals surface area contributed by atoms with Crippen molar-refractivity contribution in [1.82, 2.24) is 15.1 Å². The van der Waals surface area contributed by atoms with Gasteiger partial charge >= 0.3 is 0 Å². The van der Waals surface area contributed by atoms with E-state index in [-0.39, 0.29) is 11.9 Å². The molecule has 1 saturated carbocycles. The first kappa shape index (κ1) is 17.2. The van der Waals surface area contributed by atoms with Crippen molar-refractivity contribution in [2.45, 2.75) is 45.3 Å². The second kappa shape index (κ2) is 7.53. The largest absolute Gasteiger partial charge is 0.496 e. The van der Waals surface area contributed by atoms with E-state index in [1.165, 1.54) is 11.1 Å². The Hall–Kier alpha value is -1.59. The van der Waals surface area contributed by atoms with Crippen LogP contribution >= 0.6 is 0 Å². The number of nitrogens with one attached hydrogen (secondary N) is 1. The van der Waals surface area contributed by atoms with E-state index in [0.29, 0.717) is 6.04 Å². The van der Waals surface area contributed by atoms with Crippen LogP contribution in [0.25, 0.3) is 0 Å². The van der Waals surface area contributed by atoms with Crippen molar-refractivity contribution < 1.29 is 9.53 Å². The molecule has 1 aliphatic carbocycles. The molecule has 24 heavy (non-hydrogen) atoms. The van der Waals surface area contributed by atoms with Crippen molar-refractivity contribution in [3.05, 3.63) is 29.3 Å². The van der Waals surface area contributed by atoms with E-state index in [0.717, 1.165) is 51.3 Å². The molecule has 132 valence electrons. The summed E-state index contributed by atoms with van der Waals surface area (Å²) in [6.45, 7) is 8.89. The van der Waals surface area contributed by atoms with Crippen LogP contribution in [-0.2, 0) is 11.3 Å². The number of amides is 1. The lowest BCUT2D eigenvalue weighted by Crippen LogP contribution is -2.53. The SMILES string of the molecule is COc1ccc(C)cc1CN1CCN([C@@H](C)C(=O)NC2CC2)CC1. The lowest BCUT2D eigenvalue weighted by atomic mass is 10.1. The molecule has 1 amide bonds. The van der Waals surface area contributed by atoms with Crippen LogP contribution in [0.15, 0.2) is 18.2 Å². The average molecular weight is 331 g/mol. The molecule has 0 radical (unpaired) electrons. The quantitative estimate of drug-likeness (QED) is 0.863. The lowest BCUT2D eigenvalue weighted by Gasteiger charge is -2.37. The molecule has 0 aromatic heterocycles. The molecule has 1 aromatic carbocycles. The van der Waals surface area contributed by atoms with Gasteiger partial charge in [-0.2, -0.15) is 0 Å². The summed E-state index contributed by atoms with van der Waals surface area (Å²) in [5, 5.41) is 3.11. The molecule has 1 saturated heterocycles. The van der Waals surface area contributed by atoms with Gasteiger partial charge in [-0.1, -0.05) is 17.7 Å². The third-order valence-corrected chi connectivity index (χ3v) is 5.09. The van der Waals surface area contributed by atoms with Gasteiger partial charge < -0.3 is 10.1 Å². The molecule has 0 unspecified atom stereocenters. The maximum atomic E-state index is 12.2. The molecule has 5 nitrogen and oxygen atoms in total. The number of piperazine rings is 1. The molecule has 1 heterocycles. The van der Waals surface area contributed by atoms with E-state index < -0.39 is 0 Å². The van der Waals surface area contributed by atoms with Crippen molar-refractivity contribution in [3.63, 3.8) is 0 Å². The molecule has 1 aromatic rings. The normalized spacial score (nSPS) is 20.6. The maximum Gasteiger partial charge on any atom is 0.237 e. The van der Waals surface area contributed by atoms with Gasteiger partial charge in [-0.3, -0.25) is 14.6 Å². The summed E-state index contributed by atoms with van der Waals surface area (Å²) in [6, 6.07) is 6.75. The van der Waals surface area contributed by atoms with E-state index in [1.54, 1.807) is 7.11 Å². The first-order chi connectivity index (χ1) is 11.6. The van der Waals surface area contributed by atoms with Crippen LogP contribution in [0.5, 0.6) is 5.75 Å². The van der Waals surface area contributed by atoms with Crippen molar-refractivity contribution >= 4 is 5.91 Å². The van der Waals surface area contributed by atoms with Crippen LogP contribution in [0.3, 0.4) is 0 Å². The van der Waals surface area contributed by atoms with Gasteiger partial charge in [-0.25, -0.2) is 0 Å². The predicted octanol–water partition coefficient (Wildman–Crippen LogP) is 1.79. The number of ether oxygens (including phenoxy) is 1. The Morgan fingerprint density at radius 1 is 1.29 bits per heavy atom. The number of rotatable bonds is 6. The molecule has 2 aliphatic rings. The predicted molar refractivity (Wildman–Crippen MR) is 95.2 cm³/mol. The Morgan fingerprint density at radius 3 is 2.62 bits per heavy atom. The van der Waals surface area contributed by atoms with Gasteiger partial charge in [0.05, 0.1) is 13.2 Å². The summed E-state index contributed by atoms with van der Waals surface area (Å²) >= 11 is 0. The average Bonchev–Trinajstić information content (AvgIpc) is 3.39. The third-order valence-electron chi connectivity index (χ3n) is 5.09. The number of aryl methyl sites for hydroxylation is 1. The summed E-state index contributed by atoms with van der Waals surface area (Å²) < 4.78 is 5.49. The van der Waals surface area contributed by atoms with Crippen LogP contribution < -0.4 is 10.1 Å². The molecule has 3 rings (SSSR count). The van der Waals surface area contributed by atoms with Crippen LogP contribution in [0.2, 0.25) is 0 Å². The molecule has 0 spiro atoms. The summed E-state index contributed by atoms with van der Waals surface area (Å²) in [6.07, 6.45) is 2.29. The van der Waals surface area contributed by atoms with Gasteiger partial charge in [0.15, 0.2) is 0 Å². The Kier molecular flexibility index (Phi) is 5.41. The van der Waals surface area contributed by atoms with Gasteiger partial charge in [0.1, 0.15) is 5.75 Å². The number of methoxy groups -OCH3 is 1. The first-order valence-electron chi connectivity index (χ1n) is 8.97. The summed E-state index contributed by atoms with van der Waals surface area (Å²) in [4.78, 5) is 16.9. The monoisotopic (exact) mass is 331 g/mol. The van der Waals surface area contributed by atoms with Crippen molar-refractivity contribution in [2.75, 3.05) is 33.3 Å². The van der Waals surface area contributed by atoms with Gasteiger partial charge in [0.25, 0.3) is 0 Å². The fraction of sp³-hybridized carbons (Fsp3) is 0.632. The molecular weight excluding hydrogens is 302 g/mol. The molecular formula is C19H29N3O2. The zero-order valence-corrected chi connectivity index (χ0v) is 15.0. The number of carbonyl (C=O) groups excluding carboxylic acids is 1. The molecule has 1 aliphatic heterocycles. The second-order valence-electron chi connectivity index (χ2n) is 7.09. The van der Waals surface area contributed by atoms with Crippen LogP contribution in [0.1, 0.15) is 30.9 Å². The summed E-state index contributed by atoms with van der Waals surface area (Å²) in [7, 11) is 1.73. The minimum atomic E-state index is -0.0266. The number of carbonyl (C=O) groups is 1. The molecule has 1 atom stereocenters. The number of hydrogen-bond acceptors (Lipinski definition) is 4. The fourth-order valence-corrected chi connectivity index (χ4v) is 3.30. The van der Waals surface area contributed by atoms with Gasteiger partial charge in [0, 0.05) is 44.3 Å². The smallest absolute Gasteiger partial charge is 0.237 e. The Balaban J connectivity index is 1.51. The number of benzene rings is 1. The zero-order chi connectivity index (χ0) is 17.1. The summed E-state index contributed by atoms with van der Waals surface area (Å²) in [5.41, 5.74) is 2.50. The van der Waals surface area contributed by atoms with Crippen molar-refractivity contribution in [1.29, 1.82) is 0 Å². The molecule has 1 N–H and O–H groups in total.